The summed E-state index contributed by atoms with van der Waals surface area (Å²) in [6.07, 6.45) is 0.779. The normalized spacial score (nSPS) is 12.0. The van der Waals surface area contributed by atoms with E-state index in [0.717, 1.165) is 13.0 Å². The lowest BCUT2D eigenvalue weighted by Gasteiger charge is -2.28. The van der Waals surface area contributed by atoms with Gasteiger partial charge in [0.15, 0.2) is 6.23 Å². The second-order valence-electron chi connectivity index (χ2n) is 5.13. The van der Waals surface area contributed by atoms with Crippen molar-refractivity contribution in [2.75, 3.05) is 7.05 Å². The van der Waals surface area contributed by atoms with Crippen LogP contribution in [0.1, 0.15) is 24.5 Å². The molecule has 0 aliphatic heterocycles. The molecule has 22 heavy (non-hydrogen) atoms. The standard InChI is InChI=1S/C18H19ClN2O/c1-3-18(21(2)13-14-7-5-4-6-8-14)22-16-9-10-17(19)15(11-16)12-20/h4-11,18H,3,13H2,1-2H3. The van der Waals surface area contributed by atoms with E-state index in [4.69, 9.17) is 21.6 Å². The number of rotatable bonds is 6. The van der Waals surface area contributed by atoms with Crippen LogP contribution in [-0.2, 0) is 6.54 Å². The molecule has 0 aromatic heterocycles. The van der Waals surface area contributed by atoms with E-state index in [1.165, 1.54) is 5.56 Å². The summed E-state index contributed by atoms with van der Waals surface area (Å²) in [4.78, 5) is 2.15. The van der Waals surface area contributed by atoms with Crippen molar-refractivity contribution in [1.29, 1.82) is 5.26 Å². The van der Waals surface area contributed by atoms with Crippen LogP contribution in [0.25, 0.3) is 0 Å². The molecular weight excluding hydrogens is 296 g/mol. The van der Waals surface area contributed by atoms with Crippen molar-refractivity contribution in [2.24, 2.45) is 0 Å². The fraction of sp³-hybridized carbons (Fsp3) is 0.278. The topological polar surface area (TPSA) is 36.3 Å². The van der Waals surface area contributed by atoms with E-state index in [-0.39, 0.29) is 6.23 Å². The minimum Gasteiger partial charge on any atom is -0.475 e. The molecule has 0 spiro atoms. The first-order chi connectivity index (χ1) is 10.6. The van der Waals surface area contributed by atoms with Crippen LogP contribution in [0.15, 0.2) is 48.5 Å². The van der Waals surface area contributed by atoms with Crippen molar-refractivity contribution < 1.29 is 4.74 Å². The summed E-state index contributed by atoms with van der Waals surface area (Å²) in [5, 5.41) is 9.48. The summed E-state index contributed by atoms with van der Waals surface area (Å²) < 4.78 is 6.01. The van der Waals surface area contributed by atoms with Crippen molar-refractivity contribution >= 4 is 11.6 Å². The molecule has 0 N–H and O–H groups in total. The van der Waals surface area contributed by atoms with Gasteiger partial charge in [-0.15, -0.1) is 0 Å². The zero-order valence-electron chi connectivity index (χ0n) is 12.8. The molecule has 0 bridgehead atoms. The maximum atomic E-state index is 9.04. The van der Waals surface area contributed by atoms with E-state index in [9.17, 15) is 0 Å². The first kappa shape index (κ1) is 16.4. The zero-order valence-corrected chi connectivity index (χ0v) is 13.5. The largest absolute Gasteiger partial charge is 0.475 e. The Labute approximate surface area is 136 Å². The highest BCUT2D eigenvalue weighted by Crippen LogP contribution is 2.23. The number of hydrogen-bond acceptors (Lipinski definition) is 3. The number of halogens is 1. The quantitative estimate of drug-likeness (QED) is 0.739. The first-order valence-corrected chi connectivity index (χ1v) is 7.62. The summed E-state index contributed by atoms with van der Waals surface area (Å²) in [5.74, 6) is 0.660. The average molecular weight is 315 g/mol. The number of nitriles is 1. The first-order valence-electron chi connectivity index (χ1n) is 7.24. The van der Waals surface area contributed by atoms with Crippen LogP contribution in [-0.4, -0.2) is 18.2 Å². The van der Waals surface area contributed by atoms with E-state index < -0.39 is 0 Å². The third-order valence-electron chi connectivity index (χ3n) is 3.45. The Morgan fingerprint density at radius 3 is 2.59 bits per heavy atom. The second kappa shape index (κ2) is 7.84. The van der Waals surface area contributed by atoms with Crippen LogP contribution in [0.4, 0.5) is 0 Å². The van der Waals surface area contributed by atoms with Gasteiger partial charge in [0, 0.05) is 6.54 Å². The molecule has 2 rings (SSSR count). The Hall–Kier alpha value is -2.02. The molecule has 1 unspecified atom stereocenters. The number of benzene rings is 2. The third kappa shape index (κ3) is 4.24. The molecule has 1 atom stereocenters. The van der Waals surface area contributed by atoms with E-state index in [0.29, 0.717) is 16.3 Å². The molecule has 4 heteroatoms. The zero-order chi connectivity index (χ0) is 15.9. The average Bonchev–Trinajstić information content (AvgIpc) is 2.54. The molecular formula is C18H19ClN2O. The third-order valence-corrected chi connectivity index (χ3v) is 3.78. The van der Waals surface area contributed by atoms with Crippen LogP contribution < -0.4 is 4.74 Å². The predicted molar refractivity (Wildman–Crippen MR) is 88.8 cm³/mol. The Bertz CT molecular complexity index is 652. The van der Waals surface area contributed by atoms with Crippen LogP contribution in [0.5, 0.6) is 5.75 Å². The maximum Gasteiger partial charge on any atom is 0.152 e. The Balaban J connectivity index is 2.07. The Morgan fingerprint density at radius 1 is 1.23 bits per heavy atom. The van der Waals surface area contributed by atoms with Gasteiger partial charge in [0.1, 0.15) is 11.8 Å². The molecule has 2 aromatic rings. The van der Waals surface area contributed by atoms with Gasteiger partial charge < -0.3 is 4.74 Å². The van der Waals surface area contributed by atoms with Gasteiger partial charge in [-0.3, -0.25) is 4.90 Å². The van der Waals surface area contributed by atoms with Crippen LogP contribution in [0, 0.1) is 11.3 Å². The highest BCUT2D eigenvalue weighted by molar-refractivity contribution is 6.31. The highest BCUT2D eigenvalue weighted by Gasteiger charge is 2.15. The van der Waals surface area contributed by atoms with Crippen LogP contribution in [0.2, 0.25) is 5.02 Å². The number of nitrogens with zero attached hydrogens (tertiary/aromatic N) is 2. The van der Waals surface area contributed by atoms with Gasteiger partial charge in [0.25, 0.3) is 0 Å². The van der Waals surface area contributed by atoms with E-state index in [1.807, 2.05) is 25.2 Å². The van der Waals surface area contributed by atoms with E-state index in [1.54, 1.807) is 18.2 Å². The van der Waals surface area contributed by atoms with Crippen molar-refractivity contribution in [3.05, 3.63) is 64.7 Å². The second-order valence-corrected chi connectivity index (χ2v) is 5.54. The lowest BCUT2D eigenvalue weighted by molar-refractivity contribution is 0.0363. The van der Waals surface area contributed by atoms with Crippen molar-refractivity contribution in [3.8, 4) is 11.8 Å². The molecule has 0 aliphatic carbocycles. The molecule has 114 valence electrons. The van der Waals surface area contributed by atoms with Gasteiger partial charge in [0.05, 0.1) is 10.6 Å². The molecule has 0 amide bonds. The fourth-order valence-electron chi connectivity index (χ4n) is 2.28. The van der Waals surface area contributed by atoms with Crippen molar-refractivity contribution in [3.63, 3.8) is 0 Å². The summed E-state index contributed by atoms with van der Waals surface area (Å²) in [5.41, 5.74) is 1.67. The van der Waals surface area contributed by atoms with Gasteiger partial charge in [0.2, 0.25) is 0 Å². The summed E-state index contributed by atoms with van der Waals surface area (Å²) in [6, 6.07) is 17.5. The summed E-state index contributed by atoms with van der Waals surface area (Å²) in [6.45, 7) is 2.88. The van der Waals surface area contributed by atoms with Gasteiger partial charge in [-0.2, -0.15) is 5.26 Å². The summed E-state index contributed by atoms with van der Waals surface area (Å²) in [7, 11) is 2.03. The lowest BCUT2D eigenvalue weighted by Crippen LogP contribution is -2.35. The van der Waals surface area contributed by atoms with Crippen molar-refractivity contribution in [1.82, 2.24) is 4.90 Å². The minimum atomic E-state index is -0.0621. The van der Waals surface area contributed by atoms with Crippen LogP contribution in [0.3, 0.4) is 0 Å². The summed E-state index contributed by atoms with van der Waals surface area (Å²) >= 11 is 5.95. The molecule has 0 aliphatic rings. The molecule has 3 nitrogen and oxygen atoms in total. The lowest BCUT2D eigenvalue weighted by atomic mass is 10.2. The molecule has 0 radical (unpaired) electrons. The minimum absolute atomic E-state index is 0.0621. The van der Waals surface area contributed by atoms with Crippen molar-refractivity contribution in [2.45, 2.75) is 26.1 Å². The van der Waals surface area contributed by atoms with Gasteiger partial charge >= 0.3 is 0 Å². The maximum absolute atomic E-state index is 9.04. The highest BCUT2D eigenvalue weighted by atomic mass is 35.5. The molecule has 0 heterocycles. The number of ether oxygens (including phenoxy) is 1. The SMILES string of the molecule is CCC(Oc1ccc(Cl)c(C#N)c1)N(C)Cc1ccccc1. The molecule has 2 aromatic carbocycles. The molecule has 0 saturated carbocycles. The smallest absolute Gasteiger partial charge is 0.152 e. The van der Waals surface area contributed by atoms with E-state index in [2.05, 4.69) is 30.0 Å². The fourth-order valence-corrected chi connectivity index (χ4v) is 2.44. The molecule has 0 fully saturated rings. The Kier molecular flexibility index (Phi) is 5.83. The predicted octanol–water partition coefficient (Wildman–Crippen LogP) is 4.46. The van der Waals surface area contributed by atoms with Gasteiger partial charge in [-0.25, -0.2) is 0 Å². The van der Waals surface area contributed by atoms with Crippen LogP contribution >= 0.6 is 11.6 Å². The molecule has 0 saturated heterocycles. The van der Waals surface area contributed by atoms with Gasteiger partial charge in [-0.1, -0.05) is 48.9 Å². The Morgan fingerprint density at radius 2 is 1.95 bits per heavy atom. The number of hydrogen-bond donors (Lipinski definition) is 0. The monoisotopic (exact) mass is 314 g/mol. The van der Waals surface area contributed by atoms with E-state index >= 15 is 0 Å². The van der Waals surface area contributed by atoms with Gasteiger partial charge in [-0.05, 0) is 37.2 Å².